The Labute approximate surface area is 109 Å². The van der Waals surface area contributed by atoms with Gasteiger partial charge in [-0.25, -0.2) is 0 Å². The van der Waals surface area contributed by atoms with Crippen LogP contribution in [0.25, 0.3) is 0 Å². The Bertz CT molecular complexity index is 307. The lowest BCUT2D eigenvalue weighted by Crippen LogP contribution is -2.26. The van der Waals surface area contributed by atoms with Crippen molar-refractivity contribution < 1.29 is 14.3 Å². The van der Waals surface area contributed by atoms with Crippen LogP contribution in [0.2, 0.25) is 0 Å². The van der Waals surface area contributed by atoms with E-state index < -0.39 is 0 Å². The van der Waals surface area contributed by atoms with Crippen LogP contribution >= 0.6 is 0 Å². The Morgan fingerprint density at radius 3 is 2.61 bits per heavy atom. The SMILES string of the molecule is CC1CCC(C(=O)OCC2CCC3OC3C2)CC1. The fourth-order valence-electron chi connectivity index (χ4n) is 3.45. The quantitative estimate of drug-likeness (QED) is 0.572. The number of ether oxygens (including phenoxy) is 2. The second-order valence-corrected chi connectivity index (χ2v) is 6.48. The standard InChI is InChI=1S/C15H24O3/c1-10-2-5-12(6-3-10)15(16)17-9-11-4-7-13-14(8-11)18-13/h10-14H,2-9H2,1H3. The molecule has 0 bridgehead atoms. The van der Waals surface area contributed by atoms with Crippen LogP contribution < -0.4 is 0 Å². The van der Waals surface area contributed by atoms with E-state index in [9.17, 15) is 4.79 Å². The lowest BCUT2D eigenvalue weighted by molar-refractivity contribution is -0.151. The van der Waals surface area contributed by atoms with Gasteiger partial charge < -0.3 is 9.47 Å². The molecule has 3 unspecified atom stereocenters. The summed E-state index contributed by atoms with van der Waals surface area (Å²) >= 11 is 0. The highest BCUT2D eigenvalue weighted by molar-refractivity contribution is 5.72. The third-order valence-corrected chi connectivity index (χ3v) is 4.92. The summed E-state index contributed by atoms with van der Waals surface area (Å²) in [5, 5.41) is 0. The molecule has 3 rings (SSSR count). The molecule has 0 radical (unpaired) electrons. The number of hydrogen-bond donors (Lipinski definition) is 0. The van der Waals surface area contributed by atoms with E-state index in [-0.39, 0.29) is 11.9 Å². The van der Waals surface area contributed by atoms with Gasteiger partial charge in [0.15, 0.2) is 0 Å². The molecule has 1 saturated heterocycles. The van der Waals surface area contributed by atoms with Crippen LogP contribution in [0, 0.1) is 17.8 Å². The molecule has 2 saturated carbocycles. The van der Waals surface area contributed by atoms with Crippen molar-refractivity contribution in [3.63, 3.8) is 0 Å². The zero-order valence-electron chi connectivity index (χ0n) is 11.3. The minimum atomic E-state index is 0.0562. The predicted molar refractivity (Wildman–Crippen MR) is 68.1 cm³/mol. The molecule has 0 aromatic rings. The van der Waals surface area contributed by atoms with E-state index in [0.717, 1.165) is 38.0 Å². The van der Waals surface area contributed by atoms with Gasteiger partial charge in [-0.2, -0.15) is 0 Å². The molecule has 0 aromatic carbocycles. The summed E-state index contributed by atoms with van der Waals surface area (Å²) in [5.74, 6) is 1.56. The van der Waals surface area contributed by atoms with Gasteiger partial charge in [0.2, 0.25) is 0 Å². The molecule has 3 atom stereocenters. The summed E-state index contributed by atoms with van der Waals surface area (Å²) in [4.78, 5) is 12.0. The Morgan fingerprint density at radius 1 is 1.11 bits per heavy atom. The summed E-state index contributed by atoms with van der Waals surface area (Å²) in [6.07, 6.45) is 8.86. The number of epoxide rings is 1. The molecule has 102 valence electrons. The van der Waals surface area contributed by atoms with Gasteiger partial charge in [-0.3, -0.25) is 4.79 Å². The molecule has 2 aliphatic carbocycles. The van der Waals surface area contributed by atoms with Crippen LogP contribution in [0.1, 0.15) is 51.9 Å². The highest BCUT2D eigenvalue weighted by atomic mass is 16.6. The Morgan fingerprint density at radius 2 is 1.89 bits per heavy atom. The Kier molecular flexibility index (Phi) is 3.60. The minimum absolute atomic E-state index is 0.0562. The average Bonchev–Trinajstić information content (AvgIpc) is 3.15. The van der Waals surface area contributed by atoms with Crippen molar-refractivity contribution in [2.45, 2.75) is 64.1 Å². The van der Waals surface area contributed by atoms with E-state index in [4.69, 9.17) is 9.47 Å². The molecule has 1 aliphatic heterocycles. The molecule has 1 heterocycles. The van der Waals surface area contributed by atoms with Gasteiger partial charge >= 0.3 is 5.97 Å². The van der Waals surface area contributed by atoms with Crippen LogP contribution in [0.4, 0.5) is 0 Å². The second-order valence-electron chi connectivity index (χ2n) is 6.48. The molecule has 0 spiro atoms. The molecular weight excluding hydrogens is 228 g/mol. The van der Waals surface area contributed by atoms with Crippen molar-refractivity contribution in [1.82, 2.24) is 0 Å². The van der Waals surface area contributed by atoms with Crippen molar-refractivity contribution in [1.29, 1.82) is 0 Å². The van der Waals surface area contributed by atoms with Crippen molar-refractivity contribution in [2.24, 2.45) is 17.8 Å². The van der Waals surface area contributed by atoms with E-state index in [0.29, 0.717) is 24.7 Å². The molecule has 0 aromatic heterocycles. The Balaban J connectivity index is 1.38. The van der Waals surface area contributed by atoms with Gasteiger partial charge in [0.1, 0.15) is 0 Å². The van der Waals surface area contributed by atoms with Crippen molar-refractivity contribution in [3.05, 3.63) is 0 Å². The van der Waals surface area contributed by atoms with Gasteiger partial charge in [-0.1, -0.05) is 6.92 Å². The first-order valence-electron chi connectivity index (χ1n) is 7.54. The number of carbonyl (C=O) groups is 1. The van der Waals surface area contributed by atoms with Gasteiger partial charge in [0, 0.05) is 0 Å². The lowest BCUT2D eigenvalue weighted by Gasteiger charge is -2.26. The smallest absolute Gasteiger partial charge is 0.308 e. The third kappa shape index (κ3) is 2.87. The highest BCUT2D eigenvalue weighted by Gasteiger charge is 2.44. The van der Waals surface area contributed by atoms with Crippen molar-refractivity contribution in [2.75, 3.05) is 6.61 Å². The lowest BCUT2D eigenvalue weighted by atomic mass is 9.83. The predicted octanol–water partition coefficient (Wildman–Crippen LogP) is 2.92. The van der Waals surface area contributed by atoms with E-state index in [1.165, 1.54) is 12.8 Å². The number of carbonyl (C=O) groups excluding carboxylic acids is 1. The molecular formula is C15H24O3. The van der Waals surface area contributed by atoms with Gasteiger partial charge in [0.05, 0.1) is 24.7 Å². The van der Waals surface area contributed by atoms with E-state index in [1.807, 2.05) is 0 Å². The first-order chi connectivity index (χ1) is 8.72. The zero-order chi connectivity index (χ0) is 12.5. The maximum atomic E-state index is 12.0. The summed E-state index contributed by atoms with van der Waals surface area (Å²) < 4.78 is 11.0. The molecule has 3 nitrogen and oxygen atoms in total. The van der Waals surface area contributed by atoms with E-state index >= 15 is 0 Å². The largest absolute Gasteiger partial charge is 0.465 e. The summed E-state index contributed by atoms with van der Waals surface area (Å²) in [6, 6.07) is 0. The van der Waals surface area contributed by atoms with Crippen molar-refractivity contribution in [3.8, 4) is 0 Å². The average molecular weight is 252 g/mol. The summed E-state index contributed by atoms with van der Waals surface area (Å²) in [7, 11) is 0. The highest BCUT2D eigenvalue weighted by Crippen LogP contribution is 2.39. The van der Waals surface area contributed by atoms with Crippen LogP contribution in [0.5, 0.6) is 0 Å². The van der Waals surface area contributed by atoms with Crippen molar-refractivity contribution >= 4 is 5.97 Å². The van der Waals surface area contributed by atoms with Crippen LogP contribution in [-0.2, 0) is 14.3 Å². The molecule has 0 N–H and O–H groups in total. The Hall–Kier alpha value is -0.570. The number of esters is 1. The topological polar surface area (TPSA) is 38.8 Å². The molecule has 3 heteroatoms. The summed E-state index contributed by atoms with van der Waals surface area (Å²) in [5.41, 5.74) is 0. The fourth-order valence-corrected chi connectivity index (χ4v) is 3.45. The molecule has 18 heavy (non-hydrogen) atoms. The first kappa shape index (κ1) is 12.5. The van der Waals surface area contributed by atoms with Crippen LogP contribution in [-0.4, -0.2) is 24.8 Å². The van der Waals surface area contributed by atoms with E-state index in [2.05, 4.69) is 6.92 Å². The monoisotopic (exact) mass is 252 g/mol. The number of rotatable bonds is 3. The van der Waals surface area contributed by atoms with Gasteiger partial charge in [-0.15, -0.1) is 0 Å². The maximum absolute atomic E-state index is 12.0. The number of hydrogen-bond acceptors (Lipinski definition) is 3. The zero-order valence-corrected chi connectivity index (χ0v) is 11.3. The minimum Gasteiger partial charge on any atom is -0.465 e. The van der Waals surface area contributed by atoms with Gasteiger partial charge in [0.25, 0.3) is 0 Å². The van der Waals surface area contributed by atoms with Crippen LogP contribution in [0.3, 0.4) is 0 Å². The van der Waals surface area contributed by atoms with Crippen LogP contribution in [0.15, 0.2) is 0 Å². The van der Waals surface area contributed by atoms with Gasteiger partial charge in [-0.05, 0) is 56.8 Å². The fraction of sp³-hybridized carbons (Fsp3) is 0.933. The third-order valence-electron chi connectivity index (χ3n) is 4.92. The molecule has 3 fully saturated rings. The number of fused-ring (bicyclic) bond motifs is 1. The molecule has 0 amide bonds. The first-order valence-corrected chi connectivity index (χ1v) is 7.54. The summed E-state index contributed by atoms with van der Waals surface area (Å²) in [6.45, 7) is 2.90. The maximum Gasteiger partial charge on any atom is 0.308 e. The van der Waals surface area contributed by atoms with E-state index in [1.54, 1.807) is 0 Å². The second kappa shape index (κ2) is 5.20. The normalized spacial score (nSPS) is 43.1. The molecule has 3 aliphatic rings.